The van der Waals surface area contributed by atoms with Crippen molar-refractivity contribution in [1.29, 1.82) is 0 Å². The van der Waals surface area contributed by atoms with E-state index in [2.05, 4.69) is 15.9 Å². The molecule has 0 heterocycles. The van der Waals surface area contributed by atoms with Crippen molar-refractivity contribution in [2.24, 2.45) is 11.1 Å². The van der Waals surface area contributed by atoms with Crippen LogP contribution >= 0.6 is 15.9 Å². The van der Waals surface area contributed by atoms with Crippen molar-refractivity contribution in [2.45, 2.75) is 19.9 Å². The second kappa shape index (κ2) is 5.79. The summed E-state index contributed by atoms with van der Waals surface area (Å²) in [5.41, 5.74) is 5.55. The fourth-order valence-electron chi connectivity index (χ4n) is 1.77. The fraction of sp³-hybridized carbons (Fsp3) is 0.462. The lowest BCUT2D eigenvalue weighted by Gasteiger charge is -2.30. The maximum Gasteiger partial charge on any atom is 0.313 e. The summed E-state index contributed by atoms with van der Waals surface area (Å²) in [6.07, 6.45) is 0. The smallest absolute Gasteiger partial charge is 0.313 e. The average Bonchev–Trinajstić information content (AvgIpc) is 2.37. The SMILES string of the molecule is COC(=O)C(C)(C)[C@@H](N)c1c(Br)ccc(OC)c1O. The number of esters is 1. The van der Waals surface area contributed by atoms with Crippen LogP contribution in [0.3, 0.4) is 0 Å². The molecule has 1 aromatic rings. The van der Waals surface area contributed by atoms with Crippen LogP contribution in [0.25, 0.3) is 0 Å². The van der Waals surface area contributed by atoms with E-state index in [1.165, 1.54) is 14.2 Å². The van der Waals surface area contributed by atoms with Gasteiger partial charge in [0.25, 0.3) is 0 Å². The van der Waals surface area contributed by atoms with Crippen LogP contribution in [-0.2, 0) is 9.53 Å². The zero-order valence-electron chi connectivity index (χ0n) is 11.4. The van der Waals surface area contributed by atoms with Gasteiger partial charge < -0.3 is 20.3 Å². The molecular weight excluding hydrogens is 314 g/mol. The first-order valence-electron chi connectivity index (χ1n) is 5.66. The standard InChI is InChI=1S/C13H18BrNO4/c1-13(2,12(17)19-4)11(15)9-7(14)5-6-8(18-3)10(9)16/h5-6,11,16H,15H2,1-4H3/t11-/m0/s1. The van der Waals surface area contributed by atoms with Crippen molar-refractivity contribution in [3.05, 3.63) is 22.2 Å². The highest BCUT2D eigenvalue weighted by atomic mass is 79.9. The Morgan fingerprint density at radius 3 is 2.47 bits per heavy atom. The van der Waals surface area contributed by atoms with Crippen LogP contribution < -0.4 is 10.5 Å². The van der Waals surface area contributed by atoms with Crippen molar-refractivity contribution in [3.63, 3.8) is 0 Å². The molecule has 0 spiro atoms. The summed E-state index contributed by atoms with van der Waals surface area (Å²) in [5, 5.41) is 10.2. The molecule has 0 bridgehead atoms. The lowest BCUT2D eigenvalue weighted by molar-refractivity contribution is -0.152. The number of phenols is 1. The van der Waals surface area contributed by atoms with Gasteiger partial charge in [-0.25, -0.2) is 0 Å². The van der Waals surface area contributed by atoms with E-state index in [0.29, 0.717) is 15.8 Å². The summed E-state index contributed by atoms with van der Waals surface area (Å²) in [7, 11) is 2.75. The molecular formula is C13H18BrNO4. The molecule has 0 radical (unpaired) electrons. The maximum atomic E-state index is 11.8. The third-order valence-electron chi connectivity index (χ3n) is 3.15. The fourth-order valence-corrected chi connectivity index (χ4v) is 2.34. The van der Waals surface area contributed by atoms with Crippen LogP contribution in [-0.4, -0.2) is 25.3 Å². The van der Waals surface area contributed by atoms with Crippen molar-refractivity contribution < 1.29 is 19.4 Å². The minimum atomic E-state index is -0.985. The summed E-state index contributed by atoms with van der Waals surface area (Å²) < 4.78 is 10.4. The number of nitrogens with two attached hydrogens (primary N) is 1. The zero-order chi connectivity index (χ0) is 14.8. The first kappa shape index (κ1) is 15.8. The predicted molar refractivity (Wildman–Crippen MR) is 75.1 cm³/mol. The van der Waals surface area contributed by atoms with E-state index in [-0.39, 0.29) is 5.75 Å². The van der Waals surface area contributed by atoms with Crippen LogP contribution in [0.4, 0.5) is 0 Å². The normalized spacial score (nSPS) is 12.9. The van der Waals surface area contributed by atoms with Crippen LogP contribution in [0.15, 0.2) is 16.6 Å². The molecule has 0 aliphatic carbocycles. The Morgan fingerprint density at radius 1 is 1.42 bits per heavy atom. The van der Waals surface area contributed by atoms with Gasteiger partial charge in [-0.3, -0.25) is 4.79 Å². The first-order valence-corrected chi connectivity index (χ1v) is 6.46. The van der Waals surface area contributed by atoms with Crippen molar-refractivity contribution in [1.82, 2.24) is 0 Å². The molecule has 1 atom stereocenters. The highest BCUT2D eigenvalue weighted by Gasteiger charge is 2.39. The monoisotopic (exact) mass is 331 g/mol. The highest BCUT2D eigenvalue weighted by Crippen LogP contribution is 2.44. The van der Waals surface area contributed by atoms with Gasteiger partial charge in [0, 0.05) is 10.0 Å². The Morgan fingerprint density at radius 2 is 2.00 bits per heavy atom. The van der Waals surface area contributed by atoms with E-state index in [9.17, 15) is 9.90 Å². The number of benzene rings is 1. The third-order valence-corrected chi connectivity index (χ3v) is 3.84. The summed E-state index contributed by atoms with van der Waals surface area (Å²) in [6.45, 7) is 3.32. The number of phenolic OH excluding ortho intramolecular Hbond substituents is 1. The van der Waals surface area contributed by atoms with E-state index in [1.807, 2.05) is 0 Å². The summed E-state index contributed by atoms with van der Waals surface area (Å²) in [6, 6.07) is 2.58. The molecule has 0 saturated carbocycles. The topological polar surface area (TPSA) is 81.8 Å². The molecule has 0 aromatic heterocycles. The number of hydrogen-bond donors (Lipinski definition) is 2. The minimum absolute atomic E-state index is 0.0821. The number of rotatable bonds is 4. The number of ether oxygens (including phenoxy) is 2. The predicted octanol–water partition coefficient (Wildman–Crippen LogP) is 2.36. The van der Waals surface area contributed by atoms with E-state index < -0.39 is 17.4 Å². The van der Waals surface area contributed by atoms with Crippen molar-refractivity contribution in [3.8, 4) is 11.5 Å². The maximum absolute atomic E-state index is 11.8. The van der Waals surface area contributed by atoms with E-state index in [4.69, 9.17) is 15.2 Å². The number of carbonyl (C=O) groups is 1. The third kappa shape index (κ3) is 2.84. The summed E-state index contributed by atoms with van der Waals surface area (Å²) in [5.74, 6) is -0.232. The molecule has 106 valence electrons. The number of methoxy groups -OCH3 is 2. The molecule has 0 unspecified atom stereocenters. The van der Waals surface area contributed by atoms with Crippen LogP contribution in [0.1, 0.15) is 25.5 Å². The average molecular weight is 332 g/mol. The molecule has 6 heteroatoms. The lowest BCUT2D eigenvalue weighted by atomic mass is 9.80. The van der Waals surface area contributed by atoms with Gasteiger partial charge in [0.05, 0.1) is 25.7 Å². The van der Waals surface area contributed by atoms with Crippen LogP contribution in [0.2, 0.25) is 0 Å². The Labute approximate surface area is 120 Å². The molecule has 1 aromatic carbocycles. The molecule has 19 heavy (non-hydrogen) atoms. The second-order valence-electron chi connectivity index (χ2n) is 4.70. The quantitative estimate of drug-likeness (QED) is 0.827. The van der Waals surface area contributed by atoms with Crippen LogP contribution in [0.5, 0.6) is 11.5 Å². The van der Waals surface area contributed by atoms with Crippen molar-refractivity contribution >= 4 is 21.9 Å². The Balaban J connectivity index is 3.34. The van der Waals surface area contributed by atoms with Gasteiger partial charge in [-0.1, -0.05) is 15.9 Å². The number of aromatic hydroxyl groups is 1. The van der Waals surface area contributed by atoms with E-state index >= 15 is 0 Å². The van der Waals surface area contributed by atoms with Crippen LogP contribution in [0, 0.1) is 5.41 Å². The molecule has 0 saturated heterocycles. The number of hydrogen-bond acceptors (Lipinski definition) is 5. The van der Waals surface area contributed by atoms with Gasteiger partial charge in [0.2, 0.25) is 0 Å². The molecule has 0 aliphatic rings. The molecule has 1 rings (SSSR count). The second-order valence-corrected chi connectivity index (χ2v) is 5.56. The van der Waals surface area contributed by atoms with Gasteiger partial charge in [-0.15, -0.1) is 0 Å². The first-order chi connectivity index (χ1) is 8.77. The van der Waals surface area contributed by atoms with Gasteiger partial charge in [0.15, 0.2) is 11.5 Å². The molecule has 3 N–H and O–H groups in total. The molecule has 0 fully saturated rings. The number of carbonyl (C=O) groups excluding carboxylic acids is 1. The van der Waals surface area contributed by atoms with Gasteiger partial charge in [-0.05, 0) is 26.0 Å². The van der Waals surface area contributed by atoms with E-state index in [1.54, 1.807) is 26.0 Å². The highest BCUT2D eigenvalue weighted by molar-refractivity contribution is 9.10. The van der Waals surface area contributed by atoms with E-state index in [0.717, 1.165) is 0 Å². The lowest BCUT2D eigenvalue weighted by Crippen LogP contribution is -2.37. The van der Waals surface area contributed by atoms with Gasteiger partial charge >= 0.3 is 5.97 Å². The Hall–Kier alpha value is -1.27. The molecule has 0 amide bonds. The van der Waals surface area contributed by atoms with Gasteiger partial charge in [0.1, 0.15) is 0 Å². The molecule has 5 nitrogen and oxygen atoms in total. The Kier molecular flexibility index (Phi) is 4.81. The summed E-state index contributed by atoms with van der Waals surface area (Å²) >= 11 is 3.33. The zero-order valence-corrected chi connectivity index (χ0v) is 12.9. The largest absolute Gasteiger partial charge is 0.504 e. The Bertz CT molecular complexity index is 488. The van der Waals surface area contributed by atoms with Crippen molar-refractivity contribution in [2.75, 3.05) is 14.2 Å². The molecule has 0 aliphatic heterocycles. The summed E-state index contributed by atoms with van der Waals surface area (Å²) in [4.78, 5) is 11.8. The number of halogens is 1. The van der Waals surface area contributed by atoms with Gasteiger partial charge in [-0.2, -0.15) is 0 Å². The minimum Gasteiger partial charge on any atom is -0.504 e.